The molecule has 0 atom stereocenters. The number of nitrogens with zero attached hydrogens (tertiary/aromatic N) is 1. The number of likely N-dealkylation sites (N-methyl/N-ethyl adjacent to an activating group) is 1. The minimum atomic E-state index is 0.250. The number of hydrogen-bond donors (Lipinski definition) is 0. The molecular formula is C10H11NO2. The number of anilines is 1. The molecule has 0 radical (unpaired) electrons. The Morgan fingerprint density at radius 3 is 2.54 bits per heavy atom. The van der Waals surface area contributed by atoms with Gasteiger partial charge in [0.25, 0.3) is 0 Å². The van der Waals surface area contributed by atoms with Gasteiger partial charge in [0.2, 0.25) is 0 Å². The molecule has 0 amide bonds. The monoisotopic (exact) mass is 177 g/mol. The standard InChI is InChI=1S/C9H11N.CO2/c1-10-7-6-8-4-2-3-5-9(8)10;2-1-3/h2-5H,6-7H2,1H3;. The van der Waals surface area contributed by atoms with Crippen molar-refractivity contribution in [3.63, 3.8) is 0 Å². The highest BCUT2D eigenvalue weighted by Crippen LogP contribution is 2.25. The molecule has 1 aliphatic rings. The summed E-state index contributed by atoms with van der Waals surface area (Å²) in [6.45, 7) is 1.18. The first kappa shape index (κ1) is 9.49. The van der Waals surface area contributed by atoms with Crippen molar-refractivity contribution in [3.05, 3.63) is 29.8 Å². The first-order chi connectivity index (χ1) is 6.29. The Morgan fingerprint density at radius 1 is 1.31 bits per heavy atom. The largest absolute Gasteiger partial charge is 0.374 e. The Morgan fingerprint density at radius 2 is 1.92 bits per heavy atom. The second-order valence-corrected chi connectivity index (χ2v) is 2.88. The van der Waals surface area contributed by atoms with E-state index in [1.54, 1.807) is 0 Å². The second-order valence-electron chi connectivity index (χ2n) is 2.88. The first-order valence-corrected chi connectivity index (χ1v) is 4.08. The minimum Gasteiger partial charge on any atom is -0.374 e. The predicted octanol–water partition coefficient (Wildman–Crippen LogP) is 1.10. The molecule has 1 aromatic rings. The Kier molecular flexibility index (Phi) is 3.23. The van der Waals surface area contributed by atoms with Gasteiger partial charge in [-0.2, -0.15) is 9.59 Å². The van der Waals surface area contributed by atoms with Crippen LogP contribution in [0.2, 0.25) is 0 Å². The zero-order valence-electron chi connectivity index (χ0n) is 7.49. The van der Waals surface area contributed by atoms with Crippen molar-refractivity contribution in [2.45, 2.75) is 6.42 Å². The van der Waals surface area contributed by atoms with E-state index in [2.05, 4.69) is 36.2 Å². The van der Waals surface area contributed by atoms with Crippen LogP contribution >= 0.6 is 0 Å². The second kappa shape index (κ2) is 4.43. The summed E-state index contributed by atoms with van der Waals surface area (Å²) in [5.41, 5.74) is 2.90. The highest BCUT2D eigenvalue weighted by molar-refractivity contribution is 5.56. The lowest BCUT2D eigenvalue weighted by molar-refractivity contribution is -0.191. The van der Waals surface area contributed by atoms with Gasteiger partial charge in [0.1, 0.15) is 0 Å². The fraction of sp³-hybridized carbons (Fsp3) is 0.300. The van der Waals surface area contributed by atoms with Gasteiger partial charge in [0, 0.05) is 19.3 Å². The highest BCUT2D eigenvalue weighted by Gasteiger charge is 2.12. The maximum Gasteiger partial charge on any atom is 0.373 e. The summed E-state index contributed by atoms with van der Waals surface area (Å²) >= 11 is 0. The summed E-state index contributed by atoms with van der Waals surface area (Å²) in [4.78, 5) is 18.6. The average molecular weight is 177 g/mol. The minimum absolute atomic E-state index is 0.250. The Hall–Kier alpha value is -1.60. The molecule has 0 aromatic heterocycles. The third-order valence-corrected chi connectivity index (χ3v) is 2.12. The van der Waals surface area contributed by atoms with E-state index < -0.39 is 0 Å². The Bertz CT molecular complexity index is 316. The van der Waals surface area contributed by atoms with Crippen LogP contribution in [0.5, 0.6) is 0 Å². The van der Waals surface area contributed by atoms with Gasteiger partial charge in [0.15, 0.2) is 0 Å². The normalized spacial score (nSPS) is 12.5. The topological polar surface area (TPSA) is 37.4 Å². The van der Waals surface area contributed by atoms with Crippen LogP contribution in [0, 0.1) is 0 Å². The fourth-order valence-electron chi connectivity index (χ4n) is 1.50. The van der Waals surface area contributed by atoms with Gasteiger partial charge in [-0.15, -0.1) is 0 Å². The van der Waals surface area contributed by atoms with Gasteiger partial charge < -0.3 is 4.90 Å². The molecule has 0 bridgehead atoms. The molecular weight excluding hydrogens is 166 g/mol. The van der Waals surface area contributed by atoms with Crippen LogP contribution < -0.4 is 4.90 Å². The summed E-state index contributed by atoms with van der Waals surface area (Å²) in [7, 11) is 2.14. The van der Waals surface area contributed by atoms with E-state index in [4.69, 9.17) is 9.59 Å². The highest BCUT2D eigenvalue weighted by atomic mass is 16.2. The molecule has 0 saturated carbocycles. The quantitative estimate of drug-likeness (QED) is 0.595. The number of benzene rings is 1. The van der Waals surface area contributed by atoms with Gasteiger partial charge in [0.05, 0.1) is 0 Å². The molecule has 2 rings (SSSR count). The van der Waals surface area contributed by atoms with Crippen LogP contribution in [0.3, 0.4) is 0 Å². The molecule has 68 valence electrons. The van der Waals surface area contributed by atoms with Crippen LogP contribution in [0.25, 0.3) is 0 Å². The van der Waals surface area contributed by atoms with Crippen molar-refractivity contribution < 1.29 is 9.59 Å². The van der Waals surface area contributed by atoms with E-state index in [9.17, 15) is 0 Å². The number of carbonyl (C=O) groups excluding carboxylic acids is 2. The summed E-state index contributed by atoms with van der Waals surface area (Å²) in [5.74, 6) is 0. The number of fused-ring (bicyclic) bond motifs is 1. The summed E-state index contributed by atoms with van der Waals surface area (Å²) < 4.78 is 0. The molecule has 1 aliphatic heterocycles. The Balaban J connectivity index is 0.000000251. The zero-order chi connectivity index (χ0) is 9.68. The van der Waals surface area contributed by atoms with Gasteiger partial charge in [-0.1, -0.05) is 18.2 Å². The van der Waals surface area contributed by atoms with Crippen LogP contribution in [0.4, 0.5) is 5.69 Å². The predicted molar refractivity (Wildman–Crippen MR) is 48.4 cm³/mol. The van der Waals surface area contributed by atoms with Crippen LogP contribution in [0.1, 0.15) is 5.56 Å². The summed E-state index contributed by atoms with van der Waals surface area (Å²) in [6.07, 6.45) is 1.46. The molecule has 1 aromatic carbocycles. The van der Waals surface area contributed by atoms with Crippen LogP contribution in [-0.2, 0) is 16.0 Å². The molecule has 3 nitrogen and oxygen atoms in total. The molecule has 0 fully saturated rings. The molecule has 0 N–H and O–H groups in total. The lowest BCUT2D eigenvalue weighted by Gasteiger charge is -2.10. The van der Waals surface area contributed by atoms with E-state index in [0.717, 1.165) is 0 Å². The molecule has 0 aliphatic carbocycles. The van der Waals surface area contributed by atoms with Gasteiger partial charge in [-0.25, -0.2) is 0 Å². The van der Waals surface area contributed by atoms with Gasteiger partial charge >= 0.3 is 6.15 Å². The van der Waals surface area contributed by atoms with Crippen LogP contribution in [0.15, 0.2) is 24.3 Å². The third kappa shape index (κ3) is 2.17. The van der Waals surface area contributed by atoms with Crippen LogP contribution in [-0.4, -0.2) is 19.7 Å². The zero-order valence-corrected chi connectivity index (χ0v) is 7.49. The summed E-state index contributed by atoms with van der Waals surface area (Å²) in [5, 5.41) is 0. The molecule has 0 saturated heterocycles. The summed E-state index contributed by atoms with van der Waals surface area (Å²) in [6, 6.07) is 8.60. The van der Waals surface area contributed by atoms with Crippen molar-refractivity contribution >= 4 is 11.8 Å². The van der Waals surface area contributed by atoms with E-state index in [0.29, 0.717) is 0 Å². The fourth-order valence-corrected chi connectivity index (χ4v) is 1.50. The SMILES string of the molecule is CN1CCc2ccccc21.O=C=O. The first-order valence-electron chi connectivity index (χ1n) is 4.08. The van der Waals surface area contributed by atoms with Crippen molar-refractivity contribution in [1.82, 2.24) is 0 Å². The average Bonchev–Trinajstić information content (AvgIpc) is 2.50. The van der Waals surface area contributed by atoms with E-state index >= 15 is 0 Å². The van der Waals surface area contributed by atoms with Crippen molar-refractivity contribution in [2.24, 2.45) is 0 Å². The van der Waals surface area contributed by atoms with Crippen molar-refractivity contribution in [2.75, 3.05) is 18.5 Å². The number of rotatable bonds is 0. The number of para-hydroxylation sites is 1. The smallest absolute Gasteiger partial charge is 0.373 e. The molecule has 1 heterocycles. The van der Waals surface area contributed by atoms with E-state index in [1.165, 1.54) is 24.2 Å². The maximum atomic E-state index is 8.12. The van der Waals surface area contributed by atoms with E-state index in [1.807, 2.05) is 0 Å². The molecule has 0 unspecified atom stereocenters. The van der Waals surface area contributed by atoms with Crippen molar-refractivity contribution in [3.8, 4) is 0 Å². The number of hydrogen-bond acceptors (Lipinski definition) is 3. The van der Waals surface area contributed by atoms with E-state index in [-0.39, 0.29) is 6.15 Å². The lowest BCUT2D eigenvalue weighted by atomic mass is 10.2. The lowest BCUT2D eigenvalue weighted by Crippen LogP contribution is -2.12. The molecule has 0 spiro atoms. The van der Waals surface area contributed by atoms with Crippen molar-refractivity contribution in [1.29, 1.82) is 0 Å². The van der Waals surface area contributed by atoms with Gasteiger partial charge in [-0.3, -0.25) is 0 Å². The van der Waals surface area contributed by atoms with Gasteiger partial charge in [-0.05, 0) is 18.1 Å². The third-order valence-electron chi connectivity index (χ3n) is 2.12. The molecule has 3 heteroatoms. The molecule has 13 heavy (non-hydrogen) atoms. The maximum absolute atomic E-state index is 8.12. The Labute approximate surface area is 77.0 Å².